The number of benzene rings is 2. The van der Waals surface area contributed by atoms with E-state index in [1.54, 1.807) is 12.1 Å². The minimum atomic E-state index is -1.38. The van der Waals surface area contributed by atoms with Crippen LogP contribution < -0.4 is 10.9 Å². The average Bonchev–Trinajstić information content (AvgIpc) is 2.91. The van der Waals surface area contributed by atoms with Gasteiger partial charge in [0.1, 0.15) is 11.1 Å². The van der Waals surface area contributed by atoms with E-state index in [4.69, 9.17) is 4.42 Å². The van der Waals surface area contributed by atoms with E-state index in [0.717, 1.165) is 10.5 Å². The number of nitro groups is 1. The molecule has 1 fully saturated rings. The van der Waals surface area contributed by atoms with Crippen molar-refractivity contribution in [3.63, 3.8) is 0 Å². The van der Waals surface area contributed by atoms with Crippen molar-refractivity contribution in [1.82, 2.24) is 10.2 Å². The molecule has 0 aliphatic carbocycles. The molecule has 3 amide bonds. The molecule has 0 radical (unpaired) electrons. The Kier molecular flexibility index (Phi) is 4.38. The van der Waals surface area contributed by atoms with Crippen molar-refractivity contribution < 1.29 is 18.9 Å². The highest BCUT2D eigenvalue weighted by molar-refractivity contribution is 6.07. The predicted octanol–water partition coefficient (Wildman–Crippen LogP) is 2.98. The maximum Gasteiger partial charge on any atom is 0.336 e. The molecular weight excluding hydrogens is 390 g/mol. The minimum absolute atomic E-state index is 0.113. The van der Waals surface area contributed by atoms with E-state index in [-0.39, 0.29) is 12.2 Å². The van der Waals surface area contributed by atoms with Gasteiger partial charge in [0.25, 0.3) is 11.6 Å². The Hall–Kier alpha value is -4.01. The molecule has 0 spiro atoms. The molecule has 4 rings (SSSR count). The first kappa shape index (κ1) is 19.3. The van der Waals surface area contributed by atoms with Gasteiger partial charge < -0.3 is 9.73 Å². The van der Waals surface area contributed by atoms with Crippen LogP contribution >= 0.6 is 0 Å². The van der Waals surface area contributed by atoms with E-state index < -0.39 is 28.0 Å². The maximum atomic E-state index is 13.1. The summed E-state index contributed by atoms with van der Waals surface area (Å²) in [6.07, 6.45) is 0. The molecule has 3 aromatic rings. The summed E-state index contributed by atoms with van der Waals surface area (Å²) in [5.74, 6) is -0.519. The summed E-state index contributed by atoms with van der Waals surface area (Å²) < 4.78 is 5.23. The normalized spacial score (nSPS) is 18.7. The Morgan fingerprint density at radius 1 is 1.10 bits per heavy atom. The zero-order valence-electron chi connectivity index (χ0n) is 16.2. The number of aryl methyl sites for hydroxylation is 1. The molecule has 1 aromatic heterocycles. The number of nitrogens with one attached hydrogen (secondary N) is 1. The molecular formula is C21H17N3O6. The lowest BCUT2D eigenvalue weighted by Crippen LogP contribution is -2.40. The van der Waals surface area contributed by atoms with Gasteiger partial charge in [0.05, 0.1) is 11.5 Å². The highest BCUT2D eigenvalue weighted by atomic mass is 16.6. The van der Waals surface area contributed by atoms with Gasteiger partial charge in [-0.05, 0) is 48.7 Å². The standard InChI is InChI=1S/C21H17N3O6/c1-12-3-8-16-13(10-18(25)30-17(16)9-12)11-23-19(26)21(2,22-20(23)27)14-4-6-15(7-5-14)24(28)29/h3-10H,11H2,1-2H3,(H,22,27)/t21-/m0/s1. The van der Waals surface area contributed by atoms with E-state index in [1.807, 2.05) is 13.0 Å². The first-order valence-electron chi connectivity index (χ1n) is 9.11. The lowest BCUT2D eigenvalue weighted by molar-refractivity contribution is -0.384. The average molecular weight is 407 g/mol. The van der Waals surface area contributed by atoms with Gasteiger partial charge in [-0.1, -0.05) is 12.1 Å². The first-order chi connectivity index (χ1) is 14.2. The molecule has 0 unspecified atom stereocenters. The summed E-state index contributed by atoms with van der Waals surface area (Å²) in [6, 6.07) is 11.4. The molecule has 1 atom stereocenters. The molecule has 152 valence electrons. The molecule has 2 heterocycles. The van der Waals surface area contributed by atoms with Crippen LogP contribution in [0.15, 0.2) is 57.7 Å². The molecule has 2 aromatic carbocycles. The van der Waals surface area contributed by atoms with Crippen molar-refractivity contribution in [3.8, 4) is 0 Å². The van der Waals surface area contributed by atoms with Gasteiger partial charge >= 0.3 is 11.7 Å². The lowest BCUT2D eigenvalue weighted by Gasteiger charge is -2.22. The number of imide groups is 1. The van der Waals surface area contributed by atoms with E-state index in [9.17, 15) is 24.5 Å². The van der Waals surface area contributed by atoms with Crippen LogP contribution in [0.4, 0.5) is 10.5 Å². The molecule has 0 bridgehead atoms. The topological polar surface area (TPSA) is 123 Å². The Labute approximate surface area is 170 Å². The summed E-state index contributed by atoms with van der Waals surface area (Å²) >= 11 is 0. The lowest BCUT2D eigenvalue weighted by atomic mass is 9.92. The molecule has 1 aliphatic rings. The Bertz CT molecular complexity index is 1260. The van der Waals surface area contributed by atoms with Gasteiger partial charge in [0.2, 0.25) is 0 Å². The largest absolute Gasteiger partial charge is 0.423 e. The van der Waals surface area contributed by atoms with Gasteiger partial charge in [0.15, 0.2) is 0 Å². The number of nitro benzene ring substituents is 1. The molecule has 9 heteroatoms. The molecule has 30 heavy (non-hydrogen) atoms. The van der Waals surface area contributed by atoms with Crippen molar-refractivity contribution in [2.45, 2.75) is 25.9 Å². The van der Waals surface area contributed by atoms with Crippen molar-refractivity contribution in [2.75, 3.05) is 0 Å². The predicted molar refractivity (Wildman–Crippen MR) is 107 cm³/mol. The van der Waals surface area contributed by atoms with E-state index >= 15 is 0 Å². The number of carbonyl (C=O) groups is 2. The van der Waals surface area contributed by atoms with E-state index in [0.29, 0.717) is 22.1 Å². The Morgan fingerprint density at radius 2 is 1.80 bits per heavy atom. The number of fused-ring (bicyclic) bond motifs is 1. The third kappa shape index (κ3) is 3.10. The highest BCUT2D eigenvalue weighted by Crippen LogP contribution is 2.31. The van der Waals surface area contributed by atoms with E-state index in [2.05, 4.69) is 5.32 Å². The Morgan fingerprint density at radius 3 is 2.47 bits per heavy atom. The number of hydrogen-bond donors (Lipinski definition) is 1. The fraction of sp³-hybridized carbons (Fsp3) is 0.190. The zero-order chi connectivity index (χ0) is 21.6. The van der Waals surface area contributed by atoms with Crippen LogP contribution in [-0.4, -0.2) is 21.8 Å². The van der Waals surface area contributed by atoms with Crippen LogP contribution in [0.2, 0.25) is 0 Å². The van der Waals surface area contributed by atoms with Crippen LogP contribution in [-0.2, 0) is 16.9 Å². The monoisotopic (exact) mass is 407 g/mol. The van der Waals surface area contributed by atoms with Crippen LogP contribution in [0.5, 0.6) is 0 Å². The fourth-order valence-electron chi connectivity index (χ4n) is 3.59. The number of urea groups is 1. The maximum absolute atomic E-state index is 13.1. The van der Waals surface area contributed by atoms with Gasteiger partial charge in [0, 0.05) is 23.6 Å². The number of carbonyl (C=O) groups excluding carboxylic acids is 2. The minimum Gasteiger partial charge on any atom is -0.423 e. The number of non-ortho nitro benzene ring substituents is 1. The van der Waals surface area contributed by atoms with Crippen molar-refractivity contribution in [3.05, 3.63) is 85.8 Å². The van der Waals surface area contributed by atoms with Crippen LogP contribution in [0, 0.1) is 17.0 Å². The molecule has 9 nitrogen and oxygen atoms in total. The van der Waals surface area contributed by atoms with E-state index in [1.165, 1.54) is 37.3 Å². The summed E-state index contributed by atoms with van der Waals surface area (Å²) in [5, 5.41) is 14.2. The summed E-state index contributed by atoms with van der Waals surface area (Å²) in [6.45, 7) is 3.28. The van der Waals surface area contributed by atoms with Crippen LogP contribution in [0.25, 0.3) is 11.0 Å². The van der Waals surface area contributed by atoms with Crippen molar-refractivity contribution in [2.24, 2.45) is 0 Å². The number of nitrogens with zero attached hydrogens (tertiary/aromatic N) is 2. The second kappa shape index (κ2) is 6.80. The third-order valence-electron chi connectivity index (χ3n) is 5.24. The molecule has 1 N–H and O–H groups in total. The van der Waals surface area contributed by atoms with Gasteiger partial charge in [-0.15, -0.1) is 0 Å². The summed E-state index contributed by atoms with van der Waals surface area (Å²) in [5.41, 5.74) is 0.117. The number of amides is 3. The zero-order valence-corrected chi connectivity index (χ0v) is 16.2. The van der Waals surface area contributed by atoms with Gasteiger partial charge in [-0.3, -0.25) is 19.8 Å². The first-order valence-corrected chi connectivity index (χ1v) is 9.11. The Balaban J connectivity index is 1.69. The smallest absolute Gasteiger partial charge is 0.336 e. The van der Waals surface area contributed by atoms with Crippen LogP contribution in [0.3, 0.4) is 0 Å². The number of rotatable bonds is 4. The van der Waals surface area contributed by atoms with Gasteiger partial charge in [-0.25, -0.2) is 9.59 Å². The third-order valence-corrected chi connectivity index (χ3v) is 5.24. The second-order valence-electron chi connectivity index (χ2n) is 7.34. The molecule has 0 saturated carbocycles. The van der Waals surface area contributed by atoms with Gasteiger partial charge in [-0.2, -0.15) is 0 Å². The molecule has 1 saturated heterocycles. The van der Waals surface area contributed by atoms with Crippen molar-refractivity contribution >= 4 is 28.6 Å². The fourth-order valence-corrected chi connectivity index (χ4v) is 3.59. The van der Waals surface area contributed by atoms with Crippen LogP contribution in [0.1, 0.15) is 23.6 Å². The second-order valence-corrected chi connectivity index (χ2v) is 7.34. The summed E-state index contributed by atoms with van der Waals surface area (Å²) in [7, 11) is 0. The highest BCUT2D eigenvalue weighted by Gasteiger charge is 2.49. The summed E-state index contributed by atoms with van der Waals surface area (Å²) in [4.78, 5) is 49.1. The van der Waals surface area contributed by atoms with Crippen molar-refractivity contribution in [1.29, 1.82) is 0 Å². The SMILES string of the molecule is Cc1ccc2c(CN3C(=O)N[C@@](C)(c4ccc([N+](=O)[O-])cc4)C3=O)cc(=O)oc2c1. The quantitative estimate of drug-likeness (QED) is 0.307. The molecule has 1 aliphatic heterocycles. The number of hydrogen-bond acceptors (Lipinski definition) is 6.